The molecule has 0 radical (unpaired) electrons. The van der Waals surface area contributed by atoms with Gasteiger partial charge in [-0.3, -0.25) is 18.7 Å². The van der Waals surface area contributed by atoms with E-state index in [-0.39, 0.29) is 34.1 Å². The van der Waals surface area contributed by atoms with Crippen LogP contribution in [0.3, 0.4) is 0 Å². The summed E-state index contributed by atoms with van der Waals surface area (Å²) in [5.74, 6) is -0.587. The van der Waals surface area contributed by atoms with Gasteiger partial charge in [-0.05, 0) is 19.1 Å². The van der Waals surface area contributed by atoms with Crippen molar-refractivity contribution in [2.24, 2.45) is 7.05 Å². The molecule has 0 spiro atoms. The molecular formula is C13H12Cl2N2O4. The van der Waals surface area contributed by atoms with Crippen molar-refractivity contribution >= 4 is 40.1 Å². The number of benzene rings is 1. The highest BCUT2D eigenvalue weighted by atomic mass is 35.5. The second-order valence-electron chi connectivity index (χ2n) is 4.32. The molecular weight excluding hydrogens is 319 g/mol. The number of nitrogens with zero attached hydrogens (tertiary/aromatic N) is 2. The SMILES string of the molecule is CCOC(=O)Cn1c(=O)n(C)c(=O)c2c(Cl)cc(Cl)cc21. The number of fused-ring (bicyclic) bond motifs is 1. The summed E-state index contributed by atoms with van der Waals surface area (Å²) in [7, 11) is 1.32. The molecule has 0 saturated heterocycles. The standard InChI is InChI=1S/C13H12Cl2N2O4/c1-3-21-10(18)6-17-9-5-7(14)4-8(15)11(9)12(19)16(2)13(17)20/h4-5H,3,6H2,1-2H3. The van der Waals surface area contributed by atoms with Crippen molar-refractivity contribution in [3.05, 3.63) is 43.0 Å². The average molecular weight is 331 g/mol. The van der Waals surface area contributed by atoms with Crippen molar-refractivity contribution in [1.82, 2.24) is 9.13 Å². The van der Waals surface area contributed by atoms with Gasteiger partial charge < -0.3 is 4.74 Å². The summed E-state index contributed by atoms with van der Waals surface area (Å²) < 4.78 is 6.84. The Bertz CT molecular complexity index is 839. The smallest absolute Gasteiger partial charge is 0.331 e. The van der Waals surface area contributed by atoms with Crippen molar-refractivity contribution in [1.29, 1.82) is 0 Å². The molecule has 0 fully saturated rings. The summed E-state index contributed by atoms with van der Waals surface area (Å²) in [6.07, 6.45) is 0. The molecule has 0 unspecified atom stereocenters. The lowest BCUT2D eigenvalue weighted by atomic mass is 10.2. The monoisotopic (exact) mass is 330 g/mol. The van der Waals surface area contributed by atoms with Crippen LogP contribution in [0, 0.1) is 0 Å². The highest BCUT2D eigenvalue weighted by Crippen LogP contribution is 2.24. The van der Waals surface area contributed by atoms with Crippen LogP contribution in [0.1, 0.15) is 6.92 Å². The highest BCUT2D eigenvalue weighted by Gasteiger charge is 2.16. The van der Waals surface area contributed by atoms with Crippen LogP contribution < -0.4 is 11.2 Å². The number of aromatic nitrogens is 2. The number of halogens is 2. The summed E-state index contributed by atoms with van der Waals surface area (Å²) in [6.45, 7) is 1.53. The van der Waals surface area contributed by atoms with E-state index < -0.39 is 17.2 Å². The summed E-state index contributed by atoms with van der Waals surface area (Å²) in [5.41, 5.74) is -0.982. The van der Waals surface area contributed by atoms with E-state index in [1.54, 1.807) is 6.92 Å². The van der Waals surface area contributed by atoms with Gasteiger partial charge in [-0.1, -0.05) is 23.2 Å². The van der Waals surface area contributed by atoms with Gasteiger partial charge in [-0.2, -0.15) is 0 Å². The van der Waals surface area contributed by atoms with E-state index >= 15 is 0 Å². The first-order valence-corrected chi connectivity index (χ1v) is 6.86. The molecule has 0 aliphatic rings. The fourth-order valence-electron chi connectivity index (χ4n) is 2.01. The van der Waals surface area contributed by atoms with Crippen LogP contribution in [0.25, 0.3) is 10.9 Å². The lowest BCUT2D eigenvalue weighted by Gasteiger charge is -2.12. The summed E-state index contributed by atoms with van der Waals surface area (Å²) >= 11 is 11.9. The molecule has 2 rings (SSSR count). The fourth-order valence-corrected chi connectivity index (χ4v) is 2.58. The highest BCUT2D eigenvalue weighted by molar-refractivity contribution is 6.38. The summed E-state index contributed by atoms with van der Waals surface area (Å²) in [5, 5.41) is 0.515. The van der Waals surface area contributed by atoms with Crippen LogP contribution in [0.4, 0.5) is 0 Å². The lowest BCUT2D eigenvalue weighted by Crippen LogP contribution is -2.39. The number of hydrogen-bond donors (Lipinski definition) is 0. The molecule has 1 aromatic heterocycles. The van der Waals surface area contributed by atoms with Gasteiger partial charge in [0.25, 0.3) is 5.56 Å². The molecule has 0 aliphatic heterocycles. The number of hydrogen-bond acceptors (Lipinski definition) is 4. The minimum atomic E-state index is -0.640. The summed E-state index contributed by atoms with van der Waals surface area (Å²) in [6, 6.07) is 2.83. The predicted octanol–water partition coefficient (Wildman–Crippen LogP) is 1.57. The van der Waals surface area contributed by atoms with Gasteiger partial charge in [-0.15, -0.1) is 0 Å². The van der Waals surface area contributed by atoms with E-state index in [2.05, 4.69) is 0 Å². The Kier molecular flexibility index (Phi) is 4.39. The largest absolute Gasteiger partial charge is 0.465 e. The van der Waals surface area contributed by atoms with Crippen molar-refractivity contribution in [3.8, 4) is 0 Å². The average Bonchev–Trinajstić information content (AvgIpc) is 2.40. The fraction of sp³-hybridized carbons (Fsp3) is 0.308. The number of esters is 1. The Labute approximate surface area is 129 Å². The molecule has 0 amide bonds. The number of carbonyl (C=O) groups is 1. The van der Waals surface area contributed by atoms with E-state index in [0.29, 0.717) is 0 Å². The Morgan fingerprint density at radius 3 is 2.57 bits per heavy atom. The molecule has 0 saturated carbocycles. The maximum absolute atomic E-state index is 12.2. The van der Waals surface area contributed by atoms with Gasteiger partial charge in [0.15, 0.2) is 0 Å². The molecule has 8 heteroatoms. The molecule has 0 atom stereocenters. The molecule has 21 heavy (non-hydrogen) atoms. The Morgan fingerprint density at radius 2 is 1.95 bits per heavy atom. The van der Waals surface area contributed by atoms with Gasteiger partial charge in [0.2, 0.25) is 0 Å². The van der Waals surface area contributed by atoms with Crippen LogP contribution in [0.2, 0.25) is 10.0 Å². The first-order valence-electron chi connectivity index (χ1n) is 6.11. The maximum Gasteiger partial charge on any atom is 0.331 e. The van der Waals surface area contributed by atoms with Crippen LogP contribution in [-0.4, -0.2) is 21.7 Å². The van der Waals surface area contributed by atoms with Crippen molar-refractivity contribution in [3.63, 3.8) is 0 Å². The van der Waals surface area contributed by atoms with Gasteiger partial charge in [0.05, 0.1) is 22.5 Å². The van der Waals surface area contributed by atoms with E-state index in [0.717, 1.165) is 9.13 Å². The van der Waals surface area contributed by atoms with Crippen molar-refractivity contribution in [2.45, 2.75) is 13.5 Å². The first-order chi connectivity index (χ1) is 9.86. The van der Waals surface area contributed by atoms with Crippen LogP contribution in [0.5, 0.6) is 0 Å². The minimum absolute atomic E-state index is 0.121. The number of carbonyl (C=O) groups excluding carboxylic acids is 1. The third-order valence-electron chi connectivity index (χ3n) is 2.95. The third-order valence-corrected chi connectivity index (χ3v) is 3.47. The van der Waals surface area contributed by atoms with E-state index in [4.69, 9.17) is 27.9 Å². The molecule has 1 heterocycles. The molecule has 0 aliphatic carbocycles. The normalized spacial score (nSPS) is 10.9. The summed E-state index contributed by atoms with van der Waals surface area (Å²) in [4.78, 5) is 36.0. The van der Waals surface area contributed by atoms with Crippen molar-refractivity contribution in [2.75, 3.05) is 6.61 Å². The predicted molar refractivity (Wildman–Crippen MR) is 80.1 cm³/mol. The zero-order valence-corrected chi connectivity index (χ0v) is 12.9. The Hall–Kier alpha value is -1.79. The van der Waals surface area contributed by atoms with Gasteiger partial charge in [0, 0.05) is 12.1 Å². The molecule has 6 nitrogen and oxygen atoms in total. The molecule has 112 valence electrons. The zero-order valence-electron chi connectivity index (χ0n) is 11.4. The molecule has 2 aromatic rings. The molecule has 1 aromatic carbocycles. The number of ether oxygens (including phenoxy) is 1. The topological polar surface area (TPSA) is 70.3 Å². The minimum Gasteiger partial charge on any atom is -0.465 e. The Balaban J connectivity index is 2.83. The maximum atomic E-state index is 12.2. The van der Waals surface area contributed by atoms with Gasteiger partial charge in [-0.25, -0.2) is 4.79 Å². The second-order valence-corrected chi connectivity index (χ2v) is 5.16. The first kappa shape index (κ1) is 15.6. The number of rotatable bonds is 3. The second kappa shape index (κ2) is 5.91. The molecule has 0 N–H and O–H groups in total. The third kappa shape index (κ3) is 2.82. The quantitative estimate of drug-likeness (QED) is 0.801. The van der Waals surface area contributed by atoms with E-state index in [9.17, 15) is 14.4 Å². The van der Waals surface area contributed by atoms with Crippen LogP contribution in [-0.2, 0) is 23.1 Å². The van der Waals surface area contributed by atoms with E-state index in [1.165, 1.54) is 19.2 Å². The van der Waals surface area contributed by atoms with Gasteiger partial charge >= 0.3 is 11.7 Å². The lowest BCUT2D eigenvalue weighted by molar-refractivity contribution is -0.143. The van der Waals surface area contributed by atoms with Crippen LogP contribution >= 0.6 is 23.2 Å². The van der Waals surface area contributed by atoms with Crippen LogP contribution in [0.15, 0.2) is 21.7 Å². The molecule has 0 bridgehead atoms. The Morgan fingerprint density at radius 1 is 1.29 bits per heavy atom. The zero-order chi connectivity index (χ0) is 15.7. The van der Waals surface area contributed by atoms with Gasteiger partial charge in [0.1, 0.15) is 6.54 Å². The van der Waals surface area contributed by atoms with Crippen molar-refractivity contribution < 1.29 is 9.53 Å². The van der Waals surface area contributed by atoms with E-state index in [1.807, 2.05) is 0 Å².